The molecule has 1 aliphatic rings. The highest BCUT2D eigenvalue weighted by Gasteiger charge is 2.31. The van der Waals surface area contributed by atoms with Crippen LogP contribution in [-0.4, -0.2) is 80.9 Å². The van der Waals surface area contributed by atoms with Gasteiger partial charge in [0, 0.05) is 19.4 Å². The Kier molecular flexibility index (Phi) is 11.9. The number of hydrogen-bond acceptors (Lipinski definition) is 9. The van der Waals surface area contributed by atoms with Crippen molar-refractivity contribution in [1.82, 2.24) is 9.13 Å². The zero-order valence-corrected chi connectivity index (χ0v) is 25.7. The van der Waals surface area contributed by atoms with Gasteiger partial charge in [-0.3, -0.25) is 10.2 Å². The number of methoxy groups -OCH3 is 1. The molecule has 1 aliphatic heterocycles. The molecule has 232 valence electrons. The average molecular weight is 665 g/mol. The molecule has 1 unspecified atom stereocenters. The van der Waals surface area contributed by atoms with Crippen LogP contribution in [0.15, 0.2) is 47.2 Å². The predicted molar refractivity (Wildman–Crippen MR) is 156 cm³/mol. The zero-order chi connectivity index (χ0) is 30.8. The Hall–Kier alpha value is -3.52. The zero-order valence-electron chi connectivity index (χ0n) is 24.1. The minimum Gasteiger partial charge on any atom is -0.491 e. The van der Waals surface area contributed by atoms with E-state index in [4.69, 9.17) is 29.1 Å². The third kappa shape index (κ3) is 8.99. The highest BCUT2D eigenvalue weighted by Crippen LogP contribution is 2.37. The van der Waals surface area contributed by atoms with Crippen molar-refractivity contribution in [3.8, 4) is 11.5 Å². The van der Waals surface area contributed by atoms with E-state index in [0.29, 0.717) is 54.2 Å². The normalized spacial score (nSPS) is 14.3. The number of esters is 1. The molecule has 0 saturated heterocycles. The lowest BCUT2D eigenvalue weighted by molar-refractivity contribution is -0.146. The summed E-state index contributed by atoms with van der Waals surface area (Å²) in [5, 5.41) is 8.18. The third-order valence-corrected chi connectivity index (χ3v) is 7.34. The summed E-state index contributed by atoms with van der Waals surface area (Å²) in [6.45, 7) is 2.12. The molecule has 2 heterocycles. The first-order valence-corrected chi connectivity index (χ1v) is 14.5. The van der Waals surface area contributed by atoms with Crippen LogP contribution in [-0.2, 0) is 43.8 Å². The summed E-state index contributed by atoms with van der Waals surface area (Å²) in [4.78, 5) is 24.4. The van der Waals surface area contributed by atoms with Gasteiger partial charge in [-0.1, -0.05) is 6.07 Å². The van der Waals surface area contributed by atoms with E-state index in [0.717, 1.165) is 11.1 Å². The fourth-order valence-corrected chi connectivity index (χ4v) is 5.11. The second-order valence-corrected chi connectivity index (χ2v) is 10.7. The summed E-state index contributed by atoms with van der Waals surface area (Å²) in [7, 11) is 3.10. The second-order valence-electron chi connectivity index (χ2n) is 9.86. The summed E-state index contributed by atoms with van der Waals surface area (Å²) < 4.78 is 50.5. The first kappa shape index (κ1) is 32.4. The quantitative estimate of drug-likeness (QED) is 0.183. The van der Waals surface area contributed by atoms with Gasteiger partial charge in [0.05, 0.1) is 69.2 Å². The highest BCUT2D eigenvalue weighted by molar-refractivity contribution is 9.10. The van der Waals surface area contributed by atoms with E-state index in [2.05, 4.69) is 20.7 Å². The van der Waals surface area contributed by atoms with Crippen molar-refractivity contribution in [2.45, 2.75) is 13.0 Å². The molecule has 2 aromatic carbocycles. The molecule has 0 fully saturated rings. The fourth-order valence-electron chi connectivity index (χ4n) is 4.48. The maximum atomic E-state index is 14.4. The minimum absolute atomic E-state index is 0.0506. The van der Waals surface area contributed by atoms with Gasteiger partial charge >= 0.3 is 5.97 Å². The number of ketones is 1. The van der Waals surface area contributed by atoms with Gasteiger partial charge in [-0.05, 0) is 57.7 Å². The fraction of sp³-hybridized carbons (Fsp3) is 0.433. The van der Waals surface area contributed by atoms with Crippen LogP contribution >= 0.6 is 15.9 Å². The lowest BCUT2D eigenvalue weighted by atomic mass is 9.89. The first-order chi connectivity index (χ1) is 20.8. The number of fused-ring (bicyclic) bond motifs is 1. The second kappa shape index (κ2) is 15.8. The first-order valence-electron chi connectivity index (χ1n) is 13.7. The Morgan fingerprint density at radius 2 is 1.77 bits per heavy atom. The van der Waals surface area contributed by atoms with Crippen molar-refractivity contribution in [1.29, 1.82) is 5.41 Å². The smallest absolute Gasteiger partial charge is 0.331 e. The molecular formula is C30H35BrFN3O8. The van der Waals surface area contributed by atoms with E-state index in [1.54, 1.807) is 34.5 Å². The molecular weight excluding hydrogens is 629 g/mol. The van der Waals surface area contributed by atoms with Gasteiger partial charge in [0.2, 0.25) is 5.62 Å². The Balaban J connectivity index is 1.25. The van der Waals surface area contributed by atoms with Crippen LogP contribution in [0.2, 0.25) is 0 Å². The van der Waals surface area contributed by atoms with Gasteiger partial charge in [-0.25, -0.2) is 9.18 Å². The van der Waals surface area contributed by atoms with Crippen LogP contribution in [0, 0.1) is 17.1 Å². The lowest BCUT2D eigenvalue weighted by Gasteiger charge is -2.26. The van der Waals surface area contributed by atoms with Gasteiger partial charge in [0.15, 0.2) is 17.3 Å². The summed E-state index contributed by atoms with van der Waals surface area (Å²) >= 11 is 3.53. The molecule has 0 amide bonds. The average Bonchev–Trinajstić information content (AvgIpc) is 3.31. The number of imidazole rings is 1. The number of nitrogens with one attached hydrogen (secondary N) is 1. The molecule has 1 atom stereocenters. The Labute approximate surface area is 257 Å². The molecule has 0 aliphatic carbocycles. The number of benzene rings is 2. The molecule has 4 rings (SSSR count). The summed E-state index contributed by atoms with van der Waals surface area (Å²) in [6, 6.07) is 8.29. The topological polar surface area (TPSA) is 123 Å². The Bertz CT molecular complexity index is 1470. The number of nitrogens with zero attached hydrogens (tertiary/aromatic N) is 2. The largest absolute Gasteiger partial charge is 0.491 e. The molecule has 0 spiro atoms. The molecule has 11 nitrogen and oxygen atoms in total. The Morgan fingerprint density at radius 3 is 2.47 bits per heavy atom. The number of hydrogen-bond donors (Lipinski definition) is 1. The number of ether oxygens (including phenoxy) is 6. The Morgan fingerprint density at radius 1 is 1.05 bits per heavy atom. The number of carbonyl (C=O) groups is 2. The third-order valence-electron chi connectivity index (χ3n) is 6.75. The summed E-state index contributed by atoms with van der Waals surface area (Å²) in [6.07, 6.45) is 3.99. The highest BCUT2D eigenvalue weighted by atomic mass is 79.9. The van der Waals surface area contributed by atoms with Crippen molar-refractivity contribution in [2.24, 2.45) is 13.0 Å². The monoisotopic (exact) mass is 663 g/mol. The van der Waals surface area contributed by atoms with E-state index in [9.17, 15) is 14.0 Å². The van der Waals surface area contributed by atoms with Crippen molar-refractivity contribution < 1.29 is 42.4 Å². The number of halogens is 2. The standard InChI is InChI=1S/C30H35BrFN3O8/c1-34-5-6-35(30(34)33)17-21-14-23-28(37)22(18-43-29(23)24(31)15-21)13-20-3-4-25(32)26(16-20)42-12-11-40-8-7-39-9-10-41-19-27(36)38-2/h3-6,14-16,22,33H,7-13,17-19H2,1-2H3. The number of Topliss-reactive ketones (excluding diaryl/α,β-unsaturated/α-hetero) is 1. The van der Waals surface area contributed by atoms with Crippen molar-refractivity contribution >= 4 is 27.7 Å². The van der Waals surface area contributed by atoms with Crippen molar-refractivity contribution in [2.75, 3.05) is 60.0 Å². The van der Waals surface area contributed by atoms with E-state index in [-0.39, 0.29) is 44.6 Å². The molecule has 13 heteroatoms. The van der Waals surface area contributed by atoms with Crippen molar-refractivity contribution in [3.63, 3.8) is 0 Å². The molecule has 1 N–H and O–H groups in total. The van der Waals surface area contributed by atoms with Crippen LogP contribution in [0.25, 0.3) is 0 Å². The minimum atomic E-state index is -0.503. The number of rotatable bonds is 16. The summed E-state index contributed by atoms with van der Waals surface area (Å²) in [5.74, 6) is -0.853. The van der Waals surface area contributed by atoms with Crippen LogP contribution < -0.4 is 15.1 Å². The van der Waals surface area contributed by atoms with E-state index < -0.39 is 17.7 Å². The number of aryl methyl sites for hydroxylation is 1. The van der Waals surface area contributed by atoms with Crippen molar-refractivity contribution in [3.05, 3.63) is 75.3 Å². The molecule has 0 saturated carbocycles. The lowest BCUT2D eigenvalue weighted by Crippen LogP contribution is -2.30. The molecule has 0 bridgehead atoms. The number of aromatic nitrogens is 2. The van der Waals surface area contributed by atoms with Gasteiger partial charge < -0.3 is 37.6 Å². The van der Waals surface area contributed by atoms with Gasteiger partial charge in [-0.15, -0.1) is 0 Å². The predicted octanol–water partition coefficient (Wildman–Crippen LogP) is 3.29. The maximum Gasteiger partial charge on any atom is 0.331 e. The van der Waals surface area contributed by atoms with Crippen LogP contribution in [0.3, 0.4) is 0 Å². The van der Waals surface area contributed by atoms with Crippen LogP contribution in [0.5, 0.6) is 11.5 Å². The van der Waals surface area contributed by atoms with Gasteiger partial charge in [-0.2, -0.15) is 0 Å². The van der Waals surface area contributed by atoms with Crippen LogP contribution in [0.4, 0.5) is 4.39 Å². The van der Waals surface area contributed by atoms with Crippen LogP contribution in [0.1, 0.15) is 21.5 Å². The SMILES string of the molecule is COC(=O)COCCOCCOCCOc1cc(CC2COc3c(Br)cc(Cn4ccn(C)c4=N)cc3C2=O)ccc1F. The molecule has 43 heavy (non-hydrogen) atoms. The summed E-state index contributed by atoms with van der Waals surface area (Å²) in [5.41, 5.74) is 2.45. The molecule has 1 aromatic heterocycles. The number of carbonyl (C=O) groups excluding carboxylic acids is 2. The van der Waals surface area contributed by atoms with E-state index >= 15 is 0 Å². The van der Waals surface area contributed by atoms with Gasteiger partial charge in [0.1, 0.15) is 19.0 Å². The molecule has 3 aromatic rings. The van der Waals surface area contributed by atoms with E-state index in [1.807, 2.05) is 18.3 Å². The van der Waals surface area contributed by atoms with Gasteiger partial charge in [0.25, 0.3) is 0 Å². The maximum absolute atomic E-state index is 14.4. The van der Waals surface area contributed by atoms with E-state index in [1.165, 1.54) is 13.2 Å². The molecule has 0 radical (unpaired) electrons.